The van der Waals surface area contributed by atoms with Crippen LogP contribution in [0.5, 0.6) is 0 Å². The summed E-state index contributed by atoms with van der Waals surface area (Å²) in [5.41, 5.74) is 3.20. The molecule has 0 unspecified atom stereocenters. The Balaban J connectivity index is 1.69. The number of nitrogens with zero attached hydrogens (tertiary/aromatic N) is 2. The van der Waals surface area contributed by atoms with Crippen molar-refractivity contribution >= 4 is 5.91 Å². The summed E-state index contributed by atoms with van der Waals surface area (Å²) in [6, 6.07) is 4.53. The number of nitrogens with one attached hydrogen (secondary N) is 1. The summed E-state index contributed by atoms with van der Waals surface area (Å²) in [6.45, 7) is 5.69. The average Bonchev–Trinajstić information content (AvgIpc) is 2.96. The maximum atomic E-state index is 12.6. The molecule has 2 aliphatic rings. The molecule has 1 aliphatic carbocycles. The van der Waals surface area contributed by atoms with Crippen molar-refractivity contribution in [2.24, 2.45) is 11.8 Å². The normalized spacial score (nSPS) is 27.9. The fourth-order valence-corrected chi connectivity index (χ4v) is 3.80. The number of carbonyl (C=O) groups excluding carboxylic acids is 1. The molecule has 1 saturated carbocycles. The van der Waals surface area contributed by atoms with Crippen LogP contribution in [0.2, 0.25) is 0 Å². The predicted molar refractivity (Wildman–Crippen MR) is 78.2 cm³/mol. The standard InChI is InChI=1S/C16H23N3O/c1-10-6-11(2)18-13(7-10)9-19(3)16(20)15-12-4-5-14(15)17-8-12/h6-7,12,14-15,17H,4-5,8-9H2,1-3H3/t12-,14-,15+/m0/s1. The molecule has 1 amide bonds. The van der Waals surface area contributed by atoms with Crippen molar-refractivity contribution < 1.29 is 4.79 Å². The van der Waals surface area contributed by atoms with Crippen molar-refractivity contribution in [1.29, 1.82) is 0 Å². The van der Waals surface area contributed by atoms with Gasteiger partial charge in [0.05, 0.1) is 18.2 Å². The largest absolute Gasteiger partial charge is 0.340 e. The number of fused-ring (bicyclic) bond motifs is 2. The molecule has 2 fully saturated rings. The van der Waals surface area contributed by atoms with Crippen molar-refractivity contribution in [3.63, 3.8) is 0 Å². The number of aromatic nitrogens is 1. The van der Waals surface area contributed by atoms with Crippen molar-refractivity contribution in [3.05, 3.63) is 29.1 Å². The number of piperidine rings is 1. The maximum absolute atomic E-state index is 12.6. The molecule has 0 aromatic carbocycles. The number of pyridine rings is 1. The van der Waals surface area contributed by atoms with Crippen molar-refractivity contribution in [3.8, 4) is 0 Å². The highest BCUT2D eigenvalue weighted by Gasteiger charge is 2.46. The minimum Gasteiger partial charge on any atom is -0.340 e. The van der Waals surface area contributed by atoms with Crippen LogP contribution in [-0.4, -0.2) is 35.4 Å². The Hall–Kier alpha value is -1.42. The summed E-state index contributed by atoms with van der Waals surface area (Å²) < 4.78 is 0. The Morgan fingerprint density at radius 2 is 2.20 bits per heavy atom. The van der Waals surface area contributed by atoms with Crippen LogP contribution in [0.1, 0.15) is 29.8 Å². The van der Waals surface area contributed by atoms with E-state index < -0.39 is 0 Å². The van der Waals surface area contributed by atoms with Gasteiger partial charge in [-0.1, -0.05) is 0 Å². The topological polar surface area (TPSA) is 45.2 Å². The molecule has 3 rings (SSSR count). The third-order valence-corrected chi connectivity index (χ3v) is 4.64. The van der Waals surface area contributed by atoms with Gasteiger partial charge in [-0.2, -0.15) is 0 Å². The fraction of sp³-hybridized carbons (Fsp3) is 0.625. The summed E-state index contributed by atoms with van der Waals surface area (Å²) in [5.74, 6) is 1.01. The van der Waals surface area contributed by atoms with Gasteiger partial charge in [-0.05, 0) is 56.8 Å². The first-order valence-corrected chi connectivity index (χ1v) is 7.47. The smallest absolute Gasteiger partial charge is 0.227 e. The molecule has 108 valence electrons. The van der Waals surface area contributed by atoms with Crippen molar-refractivity contribution in [2.45, 2.75) is 39.3 Å². The molecule has 2 heterocycles. The lowest BCUT2D eigenvalue weighted by atomic mass is 9.96. The van der Waals surface area contributed by atoms with E-state index in [1.54, 1.807) is 0 Å². The van der Waals surface area contributed by atoms with Gasteiger partial charge in [0.25, 0.3) is 0 Å². The van der Waals surface area contributed by atoms with E-state index in [9.17, 15) is 4.79 Å². The van der Waals surface area contributed by atoms with Gasteiger partial charge < -0.3 is 10.2 Å². The summed E-state index contributed by atoms with van der Waals surface area (Å²) in [7, 11) is 1.90. The van der Waals surface area contributed by atoms with Crippen LogP contribution in [0.25, 0.3) is 0 Å². The second-order valence-corrected chi connectivity index (χ2v) is 6.35. The molecule has 4 nitrogen and oxygen atoms in total. The quantitative estimate of drug-likeness (QED) is 0.911. The third-order valence-electron chi connectivity index (χ3n) is 4.64. The molecule has 2 bridgehead atoms. The van der Waals surface area contributed by atoms with Crippen LogP contribution in [0.15, 0.2) is 12.1 Å². The number of hydrogen-bond donors (Lipinski definition) is 1. The van der Waals surface area contributed by atoms with Crippen LogP contribution >= 0.6 is 0 Å². The zero-order valence-electron chi connectivity index (χ0n) is 12.5. The fourth-order valence-electron chi connectivity index (χ4n) is 3.80. The molecule has 0 radical (unpaired) electrons. The molecule has 4 heteroatoms. The Labute approximate surface area is 120 Å². The van der Waals surface area contributed by atoms with E-state index in [4.69, 9.17) is 0 Å². The summed E-state index contributed by atoms with van der Waals surface area (Å²) in [6.07, 6.45) is 2.35. The van der Waals surface area contributed by atoms with E-state index in [0.29, 0.717) is 18.5 Å². The van der Waals surface area contributed by atoms with Gasteiger partial charge in [-0.3, -0.25) is 9.78 Å². The van der Waals surface area contributed by atoms with Crippen molar-refractivity contribution in [2.75, 3.05) is 13.6 Å². The van der Waals surface area contributed by atoms with E-state index in [1.165, 1.54) is 12.0 Å². The van der Waals surface area contributed by atoms with Crippen LogP contribution in [0.3, 0.4) is 0 Å². The number of amides is 1. The first kappa shape index (κ1) is 13.6. The third kappa shape index (κ3) is 2.44. The number of carbonyl (C=O) groups is 1. The van der Waals surface area contributed by atoms with E-state index in [0.717, 1.165) is 24.4 Å². The van der Waals surface area contributed by atoms with E-state index in [-0.39, 0.29) is 11.8 Å². The molecule has 1 aromatic rings. The molecular weight excluding hydrogens is 250 g/mol. The Bertz CT molecular complexity index is 488. The van der Waals surface area contributed by atoms with E-state index >= 15 is 0 Å². The first-order chi connectivity index (χ1) is 9.54. The predicted octanol–water partition coefficient (Wildman–Crippen LogP) is 1.65. The Morgan fingerprint density at radius 3 is 2.75 bits per heavy atom. The highest BCUT2D eigenvalue weighted by atomic mass is 16.2. The van der Waals surface area contributed by atoms with Gasteiger partial charge in [0, 0.05) is 18.8 Å². The minimum absolute atomic E-state index is 0.186. The summed E-state index contributed by atoms with van der Waals surface area (Å²) in [4.78, 5) is 19.0. The van der Waals surface area contributed by atoms with Gasteiger partial charge in [0.2, 0.25) is 5.91 Å². The molecule has 20 heavy (non-hydrogen) atoms. The van der Waals surface area contributed by atoms with Gasteiger partial charge in [0.15, 0.2) is 0 Å². The highest BCUT2D eigenvalue weighted by Crippen LogP contribution is 2.38. The van der Waals surface area contributed by atoms with E-state index in [2.05, 4.69) is 29.4 Å². The summed E-state index contributed by atoms with van der Waals surface area (Å²) in [5, 5.41) is 3.46. The van der Waals surface area contributed by atoms with Gasteiger partial charge >= 0.3 is 0 Å². The molecule has 3 atom stereocenters. The lowest BCUT2D eigenvalue weighted by Crippen LogP contribution is -2.38. The SMILES string of the molecule is Cc1cc(C)nc(CN(C)C(=O)[C@@H]2[C@H]3CC[C@@H]2NC3)c1. The van der Waals surface area contributed by atoms with Gasteiger partial charge in [-0.15, -0.1) is 0 Å². The first-order valence-electron chi connectivity index (χ1n) is 7.47. The number of rotatable bonds is 3. The Morgan fingerprint density at radius 1 is 1.40 bits per heavy atom. The molecule has 1 N–H and O–H groups in total. The second-order valence-electron chi connectivity index (χ2n) is 6.35. The van der Waals surface area contributed by atoms with Gasteiger partial charge in [0.1, 0.15) is 0 Å². The van der Waals surface area contributed by atoms with Crippen LogP contribution in [0, 0.1) is 25.7 Å². The zero-order chi connectivity index (χ0) is 14.3. The maximum Gasteiger partial charge on any atom is 0.227 e. The Kier molecular flexibility index (Phi) is 3.50. The summed E-state index contributed by atoms with van der Waals surface area (Å²) >= 11 is 0. The highest BCUT2D eigenvalue weighted by molar-refractivity contribution is 5.80. The van der Waals surface area contributed by atoms with Crippen LogP contribution < -0.4 is 5.32 Å². The number of aryl methyl sites for hydroxylation is 2. The van der Waals surface area contributed by atoms with E-state index in [1.807, 2.05) is 18.9 Å². The molecule has 1 aliphatic heterocycles. The average molecular weight is 273 g/mol. The van der Waals surface area contributed by atoms with Crippen LogP contribution in [0.4, 0.5) is 0 Å². The van der Waals surface area contributed by atoms with Crippen LogP contribution in [-0.2, 0) is 11.3 Å². The lowest BCUT2D eigenvalue weighted by Gasteiger charge is -2.23. The number of hydrogen-bond acceptors (Lipinski definition) is 3. The molecule has 1 aromatic heterocycles. The molecular formula is C16H23N3O. The molecule has 1 saturated heterocycles. The zero-order valence-corrected chi connectivity index (χ0v) is 12.5. The minimum atomic E-state index is 0.186. The second kappa shape index (κ2) is 5.17. The monoisotopic (exact) mass is 273 g/mol. The van der Waals surface area contributed by atoms with Crippen molar-refractivity contribution in [1.82, 2.24) is 15.2 Å². The molecule has 0 spiro atoms. The van der Waals surface area contributed by atoms with Gasteiger partial charge in [-0.25, -0.2) is 0 Å². The lowest BCUT2D eigenvalue weighted by molar-refractivity contribution is -0.135.